The number of fused-ring (bicyclic) bond motifs is 5. The first-order valence-corrected chi connectivity index (χ1v) is 6.57. The molecule has 7 nitrogen and oxygen atoms in total. The van der Waals surface area contributed by atoms with E-state index in [1.807, 2.05) is 6.92 Å². The van der Waals surface area contributed by atoms with Crippen molar-refractivity contribution in [2.24, 2.45) is 5.73 Å². The molecule has 2 bridgehead atoms. The van der Waals surface area contributed by atoms with Gasteiger partial charge >= 0.3 is 0 Å². The van der Waals surface area contributed by atoms with E-state index in [-0.39, 0.29) is 12.0 Å². The number of nitrogens with one attached hydrogen (secondary N) is 1. The molecule has 0 aliphatic carbocycles. The molecule has 4 rings (SSSR count). The van der Waals surface area contributed by atoms with Gasteiger partial charge in [0.15, 0.2) is 6.29 Å². The normalized spacial score (nSPS) is 34.8. The summed E-state index contributed by atoms with van der Waals surface area (Å²) in [5.41, 5.74) is 7.26. The first-order valence-electron chi connectivity index (χ1n) is 6.57. The molecule has 1 spiro atoms. The van der Waals surface area contributed by atoms with Gasteiger partial charge in [-0.05, 0) is 19.8 Å². The summed E-state index contributed by atoms with van der Waals surface area (Å²) in [5, 5.41) is 16.6. The summed E-state index contributed by atoms with van der Waals surface area (Å²) in [5.74, 6) is 0.501. The number of aromatic amines is 1. The van der Waals surface area contributed by atoms with Crippen LogP contribution in [0, 0.1) is 18.3 Å². The number of nitriles is 1. The molecular formula is C13H14N4O3. The van der Waals surface area contributed by atoms with Crippen LogP contribution in [-0.4, -0.2) is 29.2 Å². The third kappa shape index (κ3) is 1.23. The molecule has 2 fully saturated rings. The first-order chi connectivity index (χ1) is 9.66. The molecule has 7 heteroatoms. The van der Waals surface area contributed by atoms with Crippen molar-refractivity contribution >= 4 is 0 Å². The highest BCUT2D eigenvalue weighted by atomic mass is 16.7. The minimum atomic E-state index is -0.712. The average Bonchev–Trinajstić information content (AvgIpc) is 3.00. The average molecular weight is 274 g/mol. The molecule has 0 radical (unpaired) electrons. The minimum absolute atomic E-state index is 0.0871. The lowest BCUT2D eigenvalue weighted by Gasteiger charge is -2.42. The van der Waals surface area contributed by atoms with E-state index in [0.29, 0.717) is 18.1 Å². The zero-order chi connectivity index (χ0) is 13.9. The molecule has 20 heavy (non-hydrogen) atoms. The minimum Gasteiger partial charge on any atom is -0.420 e. The molecule has 0 amide bonds. The summed E-state index contributed by atoms with van der Waals surface area (Å²) in [4.78, 5) is 0. The van der Waals surface area contributed by atoms with Crippen molar-refractivity contribution in [2.75, 3.05) is 6.61 Å². The quantitative estimate of drug-likeness (QED) is 0.716. The van der Waals surface area contributed by atoms with Crippen molar-refractivity contribution in [1.82, 2.24) is 10.2 Å². The molecule has 3 aliphatic rings. The van der Waals surface area contributed by atoms with E-state index in [1.165, 1.54) is 0 Å². The van der Waals surface area contributed by atoms with E-state index >= 15 is 0 Å². The van der Waals surface area contributed by atoms with Crippen LogP contribution in [0.2, 0.25) is 0 Å². The number of aromatic nitrogens is 2. The molecular weight excluding hydrogens is 260 g/mol. The Bertz CT molecular complexity index is 659. The van der Waals surface area contributed by atoms with Gasteiger partial charge in [-0.1, -0.05) is 0 Å². The predicted octanol–water partition coefficient (Wildman–Crippen LogP) is 0.578. The van der Waals surface area contributed by atoms with E-state index in [4.69, 9.17) is 19.9 Å². The summed E-state index contributed by atoms with van der Waals surface area (Å²) in [6.07, 6.45) is 1.15. The van der Waals surface area contributed by atoms with Crippen LogP contribution in [-0.2, 0) is 14.9 Å². The monoisotopic (exact) mass is 274 g/mol. The number of H-pyrrole nitrogens is 1. The van der Waals surface area contributed by atoms with Crippen molar-refractivity contribution in [2.45, 2.75) is 37.6 Å². The maximum absolute atomic E-state index is 9.55. The Kier molecular flexibility index (Phi) is 2.20. The van der Waals surface area contributed by atoms with Gasteiger partial charge in [0.25, 0.3) is 0 Å². The second-order valence-electron chi connectivity index (χ2n) is 5.42. The van der Waals surface area contributed by atoms with Gasteiger partial charge in [-0.3, -0.25) is 5.10 Å². The van der Waals surface area contributed by atoms with Crippen LogP contribution in [0.3, 0.4) is 0 Å². The number of aryl methyl sites for hydroxylation is 1. The molecule has 3 aliphatic heterocycles. The third-order valence-electron chi connectivity index (χ3n) is 4.38. The lowest BCUT2D eigenvalue weighted by molar-refractivity contribution is -0.126. The zero-order valence-corrected chi connectivity index (χ0v) is 11.0. The highest BCUT2D eigenvalue weighted by Crippen LogP contribution is 2.53. The fourth-order valence-electron chi connectivity index (χ4n) is 3.51. The maximum atomic E-state index is 9.55. The van der Waals surface area contributed by atoms with E-state index in [9.17, 15) is 5.26 Å². The number of nitrogens with zero attached hydrogens (tertiary/aromatic N) is 2. The van der Waals surface area contributed by atoms with Crippen LogP contribution in [0.25, 0.3) is 0 Å². The Morgan fingerprint density at radius 2 is 2.40 bits per heavy atom. The third-order valence-corrected chi connectivity index (χ3v) is 4.38. The van der Waals surface area contributed by atoms with E-state index in [2.05, 4.69) is 16.3 Å². The van der Waals surface area contributed by atoms with Crippen molar-refractivity contribution in [1.29, 1.82) is 5.26 Å². The molecule has 3 N–H and O–H groups in total. The van der Waals surface area contributed by atoms with E-state index in [1.54, 1.807) is 0 Å². The smallest absolute Gasteiger partial charge is 0.244 e. The number of hydrogen-bond acceptors (Lipinski definition) is 6. The van der Waals surface area contributed by atoms with Gasteiger partial charge in [0.2, 0.25) is 11.8 Å². The summed E-state index contributed by atoms with van der Waals surface area (Å²) < 4.78 is 17.1. The summed E-state index contributed by atoms with van der Waals surface area (Å²) in [6, 6.07) is 2.18. The summed E-state index contributed by atoms with van der Waals surface area (Å²) >= 11 is 0. The molecule has 1 aromatic rings. The summed E-state index contributed by atoms with van der Waals surface area (Å²) in [6.45, 7) is 2.45. The van der Waals surface area contributed by atoms with Gasteiger partial charge in [-0.2, -0.15) is 5.26 Å². The van der Waals surface area contributed by atoms with Crippen LogP contribution in [0.4, 0.5) is 0 Å². The summed E-state index contributed by atoms with van der Waals surface area (Å²) in [7, 11) is 0. The SMILES string of the molecule is Cc1[nH]nc2c1C1(CCC3COC1O3)C(C#N)=C(N)O2. The van der Waals surface area contributed by atoms with E-state index in [0.717, 1.165) is 24.1 Å². The van der Waals surface area contributed by atoms with Crippen molar-refractivity contribution in [3.8, 4) is 11.9 Å². The van der Waals surface area contributed by atoms with Crippen molar-refractivity contribution < 1.29 is 14.2 Å². The second-order valence-corrected chi connectivity index (χ2v) is 5.42. The number of rotatable bonds is 0. The predicted molar refractivity (Wildman–Crippen MR) is 66.3 cm³/mol. The fourth-order valence-corrected chi connectivity index (χ4v) is 3.51. The Hall–Kier alpha value is -2.04. The van der Waals surface area contributed by atoms with Gasteiger partial charge in [-0.15, -0.1) is 5.10 Å². The molecule has 2 saturated heterocycles. The standard InChI is InChI=1S/C13H14N4O3/c1-6-9-11(17-16-6)20-10(15)8(4-14)13(9)3-2-7-5-18-12(13)19-7/h7,12H,2-3,5,15H2,1H3,(H,16,17). The Labute approximate surface area is 115 Å². The lowest BCUT2D eigenvalue weighted by atomic mass is 9.68. The van der Waals surface area contributed by atoms with Crippen LogP contribution in [0.15, 0.2) is 11.5 Å². The Balaban J connectivity index is 1.99. The molecule has 4 heterocycles. The molecule has 0 aromatic carbocycles. The Morgan fingerprint density at radius 1 is 1.55 bits per heavy atom. The van der Waals surface area contributed by atoms with Gasteiger partial charge in [0.05, 0.1) is 23.7 Å². The molecule has 3 unspecified atom stereocenters. The molecule has 0 saturated carbocycles. The van der Waals surface area contributed by atoms with Gasteiger partial charge < -0.3 is 19.9 Å². The first kappa shape index (κ1) is 11.8. The number of nitrogens with two attached hydrogens (primary N) is 1. The maximum Gasteiger partial charge on any atom is 0.244 e. The van der Waals surface area contributed by atoms with Gasteiger partial charge in [0, 0.05) is 5.69 Å². The van der Waals surface area contributed by atoms with Crippen molar-refractivity contribution in [3.63, 3.8) is 0 Å². The van der Waals surface area contributed by atoms with E-state index < -0.39 is 11.7 Å². The van der Waals surface area contributed by atoms with Gasteiger partial charge in [0.1, 0.15) is 11.6 Å². The number of ether oxygens (including phenoxy) is 3. The highest BCUT2D eigenvalue weighted by molar-refractivity contribution is 5.55. The fraction of sp³-hybridized carbons (Fsp3) is 0.538. The number of hydrogen-bond donors (Lipinski definition) is 2. The van der Waals surface area contributed by atoms with Crippen LogP contribution in [0.5, 0.6) is 5.88 Å². The molecule has 104 valence electrons. The molecule has 1 aromatic heterocycles. The second kappa shape index (κ2) is 3.75. The Morgan fingerprint density at radius 3 is 3.20 bits per heavy atom. The highest BCUT2D eigenvalue weighted by Gasteiger charge is 2.58. The lowest BCUT2D eigenvalue weighted by Crippen LogP contribution is -2.48. The van der Waals surface area contributed by atoms with Crippen LogP contribution >= 0.6 is 0 Å². The largest absolute Gasteiger partial charge is 0.420 e. The topological polar surface area (TPSA) is 106 Å². The molecule has 3 atom stereocenters. The van der Waals surface area contributed by atoms with Crippen LogP contribution in [0.1, 0.15) is 24.1 Å². The van der Waals surface area contributed by atoms with Crippen LogP contribution < -0.4 is 10.5 Å². The zero-order valence-electron chi connectivity index (χ0n) is 11.0. The van der Waals surface area contributed by atoms with Gasteiger partial charge in [-0.25, -0.2) is 0 Å². The van der Waals surface area contributed by atoms with Crippen molar-refractivity contribution in [3.05, 3.63) is 22.7 Å².